The molecule has 23 heavy (non-hydrogen) atoms. The molecule has 3 unspecified atom stereocenters. The van der Waals surface area contributed by atoms with E-state index in [4.69, 9.17) is 14.2 Å². The third kappa shape index (κ3) is 3.52. The first-order chi connectivity index (χ1) is 11.1. The van der Waals surface area contributed by atoms with Crippen LogP contribution in [0.4, 0.5) is 4.79 Å². The molecule has 1 aromatic rings. The summed E-state index contributed by atoms with van der Waals surface area (Å²) in [5, 5.41) is 3.07. The van der Waals surface area contributed by atoms with Gasteiger partial charge >= 0.3 is 6.03 Å². The average Bonchev–Trinajstić information content (AvgIpc) is 2.53. The van der Waals surface area contributed by atoms with Gasteiger partial charge in [-0.15, -0.1) is 0 Å². The van der Waals surface area contributed by atoms with Gasteiger partial charge in [-0.05, 0) is 26.3 Å². The summed E-state index contributed by atoms with van der Waals surface area (Å²) < 4.78 is 16.8. The van der Waals surface area contributed by atoms with Crippen LogP contribution in [0.1, 0.15) is 19.4 Å². The number of benzene rings is 1. The van der Waals surface area contributed by atoms with Gasteiger partial charge < -0.3 is 24.4 Å². The lowest BCUT2D eigenvalue weighted by Gasteiger charge is -2.36. The first kappa shape index (κ1) is 15.9. The number of carbonyl (C=O) groups excluding carboxylic acids is 1. The molecule has 2 amide bonds. The lowest BCUT2D eigenvalue weighted by atomic mass is 10.0. The highest BCUT2D eigenvalue weighted by molar-refractivity contribution is 5.75. The number of fused-ring (bicyclic) bond motifs is 1. The first-order valence-electron chi connectivity index (χ1n) is 8.06. The maximum Gasteiger partial charge on any atom is 0.317 e. The number of methoxy groups -OCH3 is 1. The van der Waals surface area contributed by atoms with Crippen LogP contribution >= 0.6 is 0 Å². The van der Waals surface area contributed by atoms with Crippen molar-refractivity contribution >= 4 is 6.03 Å². The fraction of sp³-hybridized carbons (Fsp3) is 0.588. The number of para-hydroxylation sites is 1. The van der Waals surface area contributed by atoms with E-state index in [1.165, 1.54) is 0 Å². The number of hydrogen-bond acceptors (Lipinski definition) is 4. The number of nitrogens with one attached hydrogen (secondary N) is 1. The number of rotatable bonds is 2. The predicted molar refractivity (Wildman–Crippen MR) is 86.1 cm³/mol. The SMILES string of the molecule is COc1cccc2c1OCC(NC(=O)N1CC(C)OC(C)C1)C2. The number of amides is 2. The van der Waals surface area contributed by atoms with E-state index < -0.39 is 0 Å². The summed E-state index contributed by atoms with van der Waals surface area (Å²) in [5.74, 6) is 1.53. The highest BCUT2D eigenvalue weighted by Gasteiger charge is 2.29. The third-order valence-electron chi connectivity index (χ3n) is 4.21. The van der Waals surface area contributed by atoms with Gasteiger partial charge in [0.2, 0.25) is 0 Å². The average molecular weight is 320 g/mol. The molecule has 0 bridgehead atoms. The summed E-state index contributed by atoms with van der Waals surface area (Å²) >= 11 is 0. The molecule has 1 saturated heterocycles. The van der Waals surface area contributed by atoms with Crippen molar-refractivity contribution in [1.29, 1.82) is 0 Å². The molecule has 3 atom stereocenters. The zero-order chi connectivity index (χ0) is 16.4. The minimum absolute atomic E-state index is 0.0319. The second-order valence-electron chi connectivity index (χ2n) is 6.27. The van der Waals surface area contributed by atoms with E-state index in [9.17, 15) is 4.79 Å². The maximum absolute atomic E-state index is 12.5. The van der Waals surface area contributed by atoms with Crippen LogP contribution in [0.5, 0.6) is 11.5 Å². The molecule has 0 spiro atoms. The van der Waals surface area contributed by atoms with Crippen molar-refractivity contribution in [2.75, 3.05) is 26.8 Å². The number of nitrogens with zero attached hydrogens (tertiary/aromatic N) is 1. The predicted octanol–water partition coefficient (Wildman–Crippen LogP) is 1.82. The van der Waals surface area contributed by atoms with Crippen LogP contribution in [0, 0.1) is 0 Å². The Labute approximate surface area is 136 Å². The van der Waals surface area contributed by atoms with Crippen molar-refractivity contribution in [3.8, 4) is 11.5 Å². The molecule has 6 heteroatoms. The van der Waals surface area contributed by atoms with E-state index in [-0.39, 0.29) is 24.3 Å². The van der Waals surface area contributed by atoms with Crippen LogP contribution in [-0.4, -0.2) is 56.0 Å². The quantitative estimate of drug-likeness (QED) is 0.903. The van der Waals surface area contributed by atoms with Crippen molar-refractivity contribution in [2.45, 2.75) is 38.5 Å². The minimum atomic E-state index is -0.0491. The van der Waals surface area contributed by atoms with Gasteiger partial charge in [-0.3, -0.25) is 0 Å². The lowest BCUT2D eigenvalue weighted by molar-refractivity contribution is -0.0549. The van der Waals surface area contributed by atoms with Crippen LogP contribution in [-0.2, 0) is 11.2 Å². The lowest BCUT2D eigenvalue weighted by Crippen LogP contribution is -2.55. The Morgan fingerprint density at radius 1 is 1.30 bits per heavy atom. The molecule has 0 radical (unpaired) electrons. The molecule has 0 aromatic heterocycles. The zero-order valence-corrected chi connectivity index (χ0v) is 13.9. The Hall–Kier alpha value is -1.95. The largest absolute Gasteiger partial charge is 0.493 e. The first-order valence-corrected chi connectivity index (χ1v) is 8.06. The normalized spacial score (nSPS) is 26.9. The zero-order valence-electron chi connectivity index (χ0n) is 13.9. The smallest absolute Gasteiger partial charge is 0.317 e. The Morgan fingerprint density at radius 2 is 2.04 bits per heavy atom. The fourth-order valence-electron chi connectivity index (χ4n) is 3.26. The maximum atomic E-state index is 12.5. The van der Waals surface area contributed by atoms with Crippen LogP contribution in [0.15, 0.2) is 18.2 Å². The van der Waals surface area contributed by atoms with Gasteiger partial charge in [0.05, 0.1) is 25.4 Å². The number of ether oxygens (including phenoxy) is 3. The molecular weight excluding hydrogens is 296 g/mol. The topological polar surface area (TPSA) is 60.0 Å². The van der Waals surface area contributed by atoms with E-state index in [1.807, 2.05) is 36.9 Å². The summed E-state index contributed by atoms with van der Waals surface area (Å²) in [7, 11) is 1.63. The monoisotopic (exact) mass is 320 g/mol. The Morgan fingerprint density at radius 3 is 2.74 bits per heavy atom. The van der Waals surface area contributed by atoms with Gasteiger partial charge in [-0.1, -0.05) is 12.1 Å². The van der Waals surface area contributed by atoms with Gasteiger partial charge in [-0.25, -0.2) is 4.79 Å². The third-order valence-corrected chi connectivity index (χ3v) is 4.21. The number of carbonyl (C=O) groups is 1. The standard InChI is InChI=1S/C17H24N2O4/c1-11-8-19(9-12(2)23-11)17(20)18-14-7-13-5-4-6-15(21-3)16(13)22-10-14/h4-6,11-12,14H,7-10H2,1-3H3,(H,18,20). The van der Waals surface area contributed by atoms with E-state index in [1.54, 1.807) is 7.11 Å². The van der Waals surface area contributed by atoms with Crippen LogP contribution in [0.3, 0.4) is 0 Å². The fourth-order valence-corrected chi connectivity index (χ4v) is 3.26. The van der Waals surface area contributed by atoms with E-state index in [0.717, 1.165) is 23.5 Å². The molecule has 6 nitrogen and oxygen atoms in total. The highest BCUT2D eigenvalue weighted by atomic mass is 16.5. The number of morpholine rings is 1. The van der Waals surface area contributed by atoms with Gasteiger partial charge in [0.25, 0.3) is 0 Å². The molecular formula is C17H24N2O4. The molecule has 3 rings (SSSR count). The van der Waals surface area contributed by atoms with E-state index in [0.29, 0.717) is 19.7 Å². The highest BCUT2D eigenvalue weighted by Crippen LogP contribution is 2.34. The number of hydrogen-bond donors (Lipinski definition) is 1. The summed E-state index contributed by atoms with van der Waals surface area (Å²) in [6, 6.07) is 5.75. The molecule has 1 N–H and O–H groups in total. The summed E-state index contributed by atoms with van der Waals surface area (Å²) in [5.41, 5.74) is 1.06. The Bertz CT molecular complexity index is 568. The summed E-state index contributed by atoms with van der Waals surface area (Å²) in [6.45, 7) is 5.67. The molecule has 2 heterocycles. The number of urea groups is 1. The van der Waals surface area contributed by atoms with Crippen molar-refractivity contribution in [2.24, 2.45) is 0 Å². The van der Waals surface area contributed by atoms with Crippen LogP contribution < -0.4 is 14.8 Å². The van der Waals surface area contributed by atoms with Gasteiger partial charge in [0.1, 0.15) is 6.61 Å². The van der Waals surface area contributed by atoms with Crippen LogP contribution in [0.2, 0.25) is 0 Å². The van der Waals surface area contributed by atoms with E-state index >= 15 is 0 Å². The molecule has 2 aliphatic rings. The van der Waals surface area contributed by atoms with Crippen molar-refractivity contribution in [3.63, 3.8) is 0 Å². The second kappa shape index (κ2) is 6.66. The Kier molecular flexibility index (Phi) is 4.61. The van der Waals surface area contributed by atoms with E-state index in [2.05, 4.69) is 5.32 Å². The van der Waals surface area contributed by atoms with Gasteiger partial charge in [0.15, 0.2) is 11.5 Å². The minimum Gasteiger partial charge on any atom is -0.493 e. The van der Waals surface area contributed by atoms with Crippen LogP contribution in [0.25, 0.3) is 0 Å². The molecule has 1 fully saturated rings. The Balaban J connectivity index is 1.62. The molecule has 0 saturated carbocycles. The summed E-state index contributed by atoms with van der Waals surface area (Å²) in [4.78, 5) is 14.3. The van der Waals surface area contributed by atoms with Crippen molar-refractivity contribution < 1.29 is 19.0 Å². The molecule has 1 aromatic carbocycles. The molecule has 2 aliphatic heterocycles. The molecule has 0 aliphatic carbocycles. The van der Waals surface area contributed by atoms with Crippen molar-refractivity contribution in [3.05, 3.63) is 23.8 Å². The van der Waals surface area contributed by atoms with Crippen molar-refractivity contribution in [1.82, 2.24) is 10.2 Å². The second-order valence-corrected chi connectivity index (χ2v) is 6.27. The summed E-state index contributed by atoms with van der Waals surface area (Å²) in [6.07, 6.45) is 0.877. The van der Waals surface area contributed by atoms with Gasteiger partial charge in [0, 0.05) is 18.7 Å². The van der Waals surface area contributed by atoms with Gasteiger partial charge in [-0.2, -0.15) is 0 Å². The molecule has 126 valence electrons.